The Balaban J connectivity index is 0.00000125. The van der Waals surface area contributed by atoms with Gasteiger partial charge in [0.15, 0.2) is 0 Å². The molecule has 178 valence electrons. The van der Waals surface area contributed by atoms with E-state index in [4.69, 9.17) is 0 Å². The standard InChI is InChI=1S/C21H29N5O3S.C2H6.H2/c1-15-4-3-9-25(14-15)21(27)20-18-12-19(23-13-16(18)5-8-22-20)24-17-6-10-26(11-7-17)30(2,28)29;1-2;/h5,8,12-13,15,17H,3-4,6-7,9-11,14H2,1-2H3,(H,23,24);1-2H3;1H. The lowest BCUT2D eigenvalue weighted by Crippen LogP contribution is -2.41. The zero-order valence-corrected chi connectivity index (χ0v) is 20.4. The zero-order valence-electron chi connectivity index (χ0n) is 19.5. The third kappa shape index (κ3) is 5.75. The smallest absolute Gasteiger partial charge is 0.273 e. The van der Waals surface area contributed by atoms with E-state index in [0.717, 1.165) is 49.5 Å². The highest BCUT2D eigenvalue weighted by Crippen LogP contribution is 2.25. The van der Waals surface area contributed by atoms with Crippen LogP contribution in [-0.4, -0.2) is 72.0 Å². The molecule has 4 rings (SSSR count). The number of amides is 1. The normalized spacial score (nSPS) is 20.5. The van der Waals surface area contributed by atoms with Crippen molar-refractivity contribution >= 4 is 32.5 Å². The predicted molar refractivity (Wildman–Crippen MR) is 130 cm³/mol. The molecule has 4 heterocycles. The minimum Gasteiger partial charge on any atom is -0.367 e. The van der Waals surface area contributed by atoms with E-state index >= 15 is 0 Å². The van der Waals surface area contributed by atoms with Gasteiger partial charge in [-0.25, -0.2) is 17.7 Å². The summed E-state index contributed by atoms with van der Waals surface area (Å²) in [4.78, 5) is 24.0. The molecule has 9 heteroatoms. The molecule has 1 amide bonds. The Bertz CT molecular complexity index is 1040. The molecule has 1 unspecified atom stereocenters. The quantitative estimate of drug-likeness (QED) is 0.744. The number of aromatic nitrogens is 2. The van der Waals surface area contributed by atoms with Gasteiger partial charge in [0.2, 0.25) is 10.0 Å². The van der Waals surface area contributed by atoms with Crippen LogP contribution in [0.15, 0.2) is 24.5 Å². The van der Waals surface area contributed by atoms with E-state index in [9.17, 15) is 13.2 Å². The summed E-state index contributed by atoms with van der Waals surface area (Å²) in [6.07, 6.45) is 8.30. The third-order valence-electron chi connectivity index (χ3n) is 6.07. The molecule has 2 aliphatic rings. The summed E-state index contributed by atoms with van der Waals surface area (Å²) in [7, 11) is -3.14. The molecule has 0 spiro atoms. The van der Waals surface area contributed by atoms with Crippen molar-refractivity contribution in [2.24, 2.45) is 5.92 Å². The van der Waals surface area contributed by atoms with Crippen LogP contribution in [0.2, 0.25) is 0 Å². The van der Waals surface area contributed by atoms with Crippen LogP contribution in [0.25, 0.3) is 10.8 Å². The van der Waals surface area contributed by atoms with Gasteiger partial charge in [0.05, 0.1) is 6.26 Å². The van der Waals surface area contributed by atoms with Crippen molar-refractivity contribution < 1.29 is 14.6 Å². The van der Waals surface area contributed by atoms with Gasteiger partial charge in [-0.2, -0.15) is 0 Å². The number of likely N-dealkylation sites (tertiary alicyclic amines) is 1. The number of sulfonamides is 1. The van der Waals surface area contributed by atoms with Gasteiger partial charge in [-0.15, -0.1) is 0 Å². The Labute approximate surface area is 192 Å². The molecule has 0 radical (unpaired) electrons. The Kier molecular flexibility index (Phi) is 8.05. The first kappa shape index (κ1) is 24.4. The fraction of sp³-hybridized carbons (Fsp3) is 0.609. The Hall–Kier alpha value is -2.26. The summed E-state index contributed by atoms with van der Waals surface area (Å²) in [5.74, 6) is 1.18. The van der Waals surface area contributed by atoms with Crippen molar-refractivity contribution in [1.82, 2.24) is 19.2 Å². The number of pyridine rings is 2. The molecular weight excluding hydrogens is 426 g/mol. The Morgan fingerprint density at radius 1 is 1.16 bits per heavy atom. The summed E-state index contributed by atoms with van der Waals surface area (Å²) in [5.41, 5.74) is 0.471. The first-order chi connectivity index (χ1) is 15.3. The first-order valence-electron chi connectivity index (χ1n) is 11.6. The van der Waals surface area contributed by atoms with Crippen LogP contribution in [0, 0.1) is 5.92 Å². The van der Waals surface area contributed by atoms with Gasteiger partial charge in [0.1, 0.15) is 11.5 Å². The van der Waals surface area contributed by atoms with Crippen LogP contribution in [0.5, 0.6) is 0 Å². The van der Waals surface area contributed by atoms with E-state index in [2.05, 4.69) is 22.2 Å². The van der Waals surface area contributed by atoms with Gasteiger partial charge in [0, 0.05) is 56.8 Å². The lowest BCUT2D eigenvalue weighted by atomic mass is 9.99. The number of nitrogens with one attached hydrogen (secondary N) is 1. The van der Waals surface area contributed by atoms with Crippen molar-refractivity contribution in [2.45, 2.75) is 52.5 Å². The minimum absolute atomic E-state index is 0. The van der Waals surface area contributed by atoms with Gasteiger partial charge in [0.25, 0.3) is 5.91 Å². The monoisotopic (exact) mass is 463 g/mol. The number of fused-ring (bicyclic) bond motifs is 1. The third-order valence-corrected chi connectivity index (χ3v) is 7.37. The number of rotatable bonds is 4. The molecule has 0 bridgehead atoms. The number of piperidine rings is 2. The number of carbonyl (C=O) groups is 1. The molecule has 1 atom stereocenters. The van der Waals surface area contributed by atoms with Gasteiger partial charge in [-0.3, -0.25) is 9.78 Å². The summed E-state index contributed by atoms with van der Waals surface area (Å²) in [5, 5.41) is 5.10. The fourth-order valence-corrected chi connectivity index (χ4v) is 5.25. The largest absolute Gasteiger partial charge is 0.367 e. The van der Waals surface area contributed by atoms with Gasteiger partial charge in [-0.05, 0) is 43.7 Å². The molecule has 2 aliphatic heterocycles. The Morgan fingerprint density at radius 2 is 1.88 bits per heavy atom. The lowest BCUT2D eigenvalue weighted by Gasteiger charge is -2.31. The maximum absolute atomic E-state index is 13.2. The van der Waals surface area contributed by atoms with Crippen molar-refractivity contribution in [3.8, 4) is 0 Å². The van der Waals surface area contributed by atoms with Crippen molar-refractivity contribution in [2.75, 3.05) is 37.8 Å². The van der Waals surface area contributed by atoms with Gasteiger partial charge < -0.3 is 10.2 Å². The molecule has 0 aliphatic carbocycles. The Morgan fingerprint density at radius 3 is 2.53 bits per heavy atom. The second-order valence-corrected chi connectivity index (χ2v) is 10.5. The topological polar surface area (TPSA) is 95.5 Å². The maximum atomic E-state index is 13.2. The number of hydrogen-bond acceptors (Lipinski definition) is 6. The first-order valence-corrected chi connectivity index (χ1v) is 13.4. The van der Waals surface area contributed by atoms with E-state index in [1.807, 2.05) is 30.9 Å². The molecule has 8 nitrogen and oxygen atoms in total. The van der Waals surface area contributed by atoms with Gasteiger partial charge in [-0.1, -0.05) is 20.8 Å². The van der Waals surface area contributed by atoms with E-state index in [-0.39, 0.29) is 13.4 Å². The molecule has 0 saturated carbocycles. The summed E-state index contributed by atoms with van der Waals surface area (Å²) in [6.45, 7) is 8.73. The summed E-state index contributed by atoms with van der Waals surface area (Å²) >= 11 is 0. The van der Waals surface area contributed by atoms with Crippen LogP contribution < -0.4 is 5.32 Å². The van der Waals surface area contributed by atoms with Crippen LogP contribution in [-0.2, 0) is 10.0 Å². The number of nitrogens with zero attached hydrogens (tertiary/aromatic N) is 4. The van der Waals surface area contributed by atoms with E-state index in [0.29, 0.717) is 30.5 Å². The van der Waals surface area contributed by atoms with Crippen molar-refractivity contribution in [3.63, 3.8) is 0 Å². The molecule has 1 N–H and O–H groups in total. The highest BCUT2D eigenvalue weighted by molar-refractivity contribution is 7.88. The molecule has 2 aromatic heterocycles. The molecule has 0 aromatic carbocycles. The average Bonchev–Trinajstić information content (AvgIpc) is 2.79. The second kappa shape index (κ2) is 10.6. The molecular formula is C23H37N5O3S. The van der Waals surface area contributed by atoms with E-state index in [1.165, 1.54) is 10.6 Å². The summed E-state index contributed by atoms with van der Waals surface area (Å²) in [6, 6.07) is 3.91. The predicted octanol–water partition coefficient (Wildman–Crippen LogP) is 3.61. The van der Waals surface area contributed by atoms with Crippen LogP contribution in [0.4, 0.5) is 5.82 Å². The average molecular weight is 464 g/mol. The number of carbonyl (C=O) groups excluding carboxylic acids is 1. The van der Waals surface area contributed by atoms with Crippen molar-refractivity contribution in [3.05, 3.63) is 30.2 Å². The molecule has 2 fully saturated rings. The van der Waals surface area contributed by atoms with Gasteiger partial charge >= 0.3 is 0 Å². The highest BCUT2D eigenvalue weighted by atomic mass is 32.2. The SMILES string of the molecule is CC.CC1CCCN(C(=O)c2nccc3cnc(NC4CCN(S(C)(=O)=O)CC4)cc23)C1.[HH]. The molecule has 2 saturated heterocycles. The second-order valence-electron chi connectivity index (χ2n) is 8.53. The zero-order chi connectivity index (χ0) is 23.3. The lowest BCUT2D eigenvalue weighted by molar-refractivity contribution is 0.0679. The maximum Gasteiger partial charge on any atom is 0.273 e. The molecule has 2 aromatic rings. The number of anilines is 1. The van der Waals surface area contributed by atoms with E-state index < -0.39 is 10.0 Å². The summed E-state index contributed by atoms with van der Waals surface area (Å²) < 4.78 is 24.9. The van der Waals surface area contributed by atoms with Crippen molar-refractivity contribution in [1.29, 1.82) is 0 Å². The van der Waals surface area contributed by atoms with Crippen LogP contribution in [0.3, 0.4) is 0 Å². The fourth-order valence-electron chi connectivity index (χ4n) is 4.38. The number of hydrogen-bond donors (Lipinski definition) is 1. The highest BCUT2D eigenvalue weighted by Gasteiger charge is 2.26. The van der Waals surface area contributed by atoms with Crippen LogP contribution in [0.1, 0.15) is 58.4 Å². The van der Waals surface area contributed by atoms with E-state index in [1.54, 1.807) is 12.4 Å². The van der Waals surface area contributed by atoms with Crippen LogP contribution >= 0.6 is 0 Å². The minimum atomic E-state index is -3.14. The molecule has 32 heavy (non-hydrogen) atoms.